The zero-order valence-electron chi connectivity index (χ0n) is 16.9. The average molecular weight is 435 g/mol. The maximum Gasteiger partial charge on any atom is 0.418 e. The maximum atomic E-state index is 13.8. The first-order valence-electron chi connectivity index (χ1n) is 9.81. The number of carbonyl (C=O) groups is 1. The van der Waals surface area contributed by atoms with Crippen LogP contribution in [0.4, 0.5) is 34.6 Å². The number of ether oxygens (including phenoxy) is 1. The molecule has 164 valence electrons. The SMILES string of the molecule is CC1CN(c2ccc(NC=C3C(=O)Nc4cc(F)ccc43)cc2C(F)(F)F)CC(C)O1. The van der Waals surface area contributed by atoms with Gasteiger partial charge in [0, 0.05) is 36.2 Å². The van der Waals surface area contributed by atoms with Gasteiger partial charge in [0.05, 0.1) is 29.0 Å². The van der Waals surface area contributed by atoms with E-state index in [1.165, 1.54) is 36.5 Å². The number of rotatable bonds is 3. The van der Waals surface area contributed by atoms with Crippen LogP contribution >= 0.6 is 0 Å². The van der Waals surface area contributed by atoms with Crippen molar-refractivity contribution in [3.8, 4) is 0 Å². The topological polar surface area (TPSA) is 53.6 Å². The number of fused-ring (bicyclic) bond motifs is 1. The molecule has 31 heavy (non-hydrogen) atoms. The molecule has 5 nitrogen and oxygen atoms in total. The Morgan fingerprint density at radius 3 is 2.52 bits per heavy atom. The Morgan fingerprint density at radius 2 is 1.84 bits per heavy atom. The first-order chi connectivity index (χ1) is 14.6. The van der Waals surface area contributed by atoms with E-state index in [1.54, 1.807) is 4.90 Å². The summed E-state index contributed by atoms with van der Waals surface area (Å²) in [5.74, 6) is -0.956. The van der Waals surface area contributed by atoms with Crippen LogP contribution in [0.25, 0.3) is 5.57 Å². The van der Waals surface area contributed by atoms with E-state index >= 15 is 0 Å². The highest BCUT2D eigenvalue weighted by molar-refractivity contribution is 6.31. The van der Waals surface area contributed by atoms with E-state index in [9.17, 15) is 22.4 Å². The number of nitrogens with one attached hydrogen (secondary N) is 2. The number of halogens is 4. The third kappa shape index (κ3) is 4.36. The van der Waals surface area contributed by atoms with Gasteiger partial charge in [-0.05, 0) is 50.2 Å². The minimum absolute atomic E-state index is 0.0899. The lowest BCUT2D eigenvalue weighted by atomic mass is 10.1. The Morgan fingerprint density at radius 1 is 1.13 bits per heavy atom. The molecule has 2 heterocycles. The van der Waals surface area contributed by atoms with Gasteiger partial charge in [0.1, 0.15) is 5.82 Å². The highest BCUT2D eigenvalue weighted by Gasteiger charge is 2.36. The molecule has 2 aromatic rings. The van der Waals surface area contributed by atoms with Crippen molar-refractivity contribution in [2.24, 2.45) is 0 Å². The predicted molar refractivity (Wildman–Crippen MR) is 110 cm³/mol. The van der Waals surface area contributed by atoms with Gasteiger partial charge < -0.3 is 20.3 Å². The summed E-state index contributed by atoms with van der Waals surface area (Å²) in [6.45, 7) is 4.37. The number of hydrogen-bond acceptors (Lipinski definition) is 4. The molecule has 1 fully saturated rings. The van der Waals surface area contributed by atoms with E-state index in [0.717, 1.165) is 6.07 Å². The second-order valence-electron chi connectivity index (χ2n) is 7.74. The van der Waals surface area contributed by atoms with Crippen molar-refractivity contribution in [2.75, 3.05) is 28.6 Å². The molecule has 2 N–H and O–H groups in total. The van der Waals surface area contributed by atoms with Crippen LogP contribution in [-0.2, 0) is 15.7 Å². The molecule has 0 aromatic heterocycles. The Kier molecular flexibility index (Phi) is 5.38. The summed E-state index contributed by atoms with van der Waals surface area (Å²) in [5.41, 5.74) is 0.509. The molecule has 0 bridgehead atoms. The second-order valence-corrected chi connectivity index (χ2v) is 7.74. The quantitative estimate of drug-likeness (QED) is 0.534. The summed E-state index contributed by atoms with van der Waals surface area (Å²) < 4.78 is 60.4. The lowest BCUT2D eigenvalue weighted by Gasteiger charge is -2.38. The minimum Gasteiger partial charge on any atom is -0.372 e. The number of anilines is 3. The Hall–Kier alpha value is -3.07. The summed E-state index contributed by atoms with van der Waals surface area (Å²) >= 11 is 0. The predicted octanol–water partition coefficient (Wildman–Crippen LogP) is 4.86. The van der Waals surface area contributed by atoms with Gasteiger partial charge in [-0.2, -0.15) is 13.2 Å². The van der Waals surface area contributed by atoms with E-state index in [-0.39, 0.29) is 29.2 Å². The fourth-order valence-electron chi connectivity index (χ4n) is 3.97. The molecule has 0 aliphatic carbocycles. The minimum atomic E-state index is -4.56. The number of hydrogen-bond donors (Lipinski definition) is 2. The second kappa shape index (κ2) is 7.88. The van der Waals surface area contributed by atoms with E-state index in [2.05, 4.69) is 10.6 Å². The number of morpholine rings is 1. The van der Waals surface area contributed by atoms with Crippen LogP contribution in [-0.4, -0.2) is 31.2 Å². The fraction of sp³-hybridized carbons (Fsp3) is 0.318. The molecule has 2 aromatic carbocycles. The van der Waals surface area contributed by atoms with Crippen LogP contribution in [0.15, 0.2) is 42.6 Å². The number of alkyl halides is 3. The van der Waals surface area contributed by atoms with Gasteiger partial charge in [-0.25, -0.2) is 4.39 Å². The Balaban J connectivity index is 1.63. The van der Waals surface area contributed by atoms with Crippen LogP contribution in [0.5, 0.6) is 0 Å². The van der Waals surface area contributed by atoms with Crippen molar-refractivity contribution in [2.45, 2.75) is 32.2 Å². The lowest BCUT2D eigenvalue weighted by molar-refractivity contribution is -0.137. The van der Waals surface area contributed by atoms with Crippen LogP contribution in [0.3, 0.4) is 0 Å². The lowest BCUT2D eigenvalue weighted by Crippen LogP contribution is -2.46. The van der Waals surface area contributed by atoms with Gasteiger partial charge in [-0.3, -0.25) is 4.79 Å². The third-order valence-corrected chi connectivity index (χ3v) is 5.21. The van der Waals surface area contributed by atoms with Crippen molar-refractivity contribution < 1.29 is 27.1 Å². The molecule has 1 amide bonds. The van der Waals surface area contributed by atoms with Crippen molar-refractivity contribution in [3.63, 3.8) is 0 Å². The molecular weight excluding hydrogens is 414 g/mol. The summed E-state index contributed by atoms with van der Waals surface area (Å²) in [7, 11) is 0. The van der Waals surface area contributed by atoms with E-state index in [0.29, 0.717) is 24.3 Å². The number of carbonyl (C=O) groups excluding carboxylic acids is 1. The Labute approximate surface area is 176 Å². The molecule has 0 saturated carbocycles. The molecule has 2 aliphatic rings. The molecule has 4 rings (SSSR count). The molecule has 0 radical (unpaired) electrons. The number of benzene rings is 2. The van der Waals surface area contributed by atoms with Gasteiger partial charge in [0.25, 0.3) is 5.91 Å². The van der Waals surface area contributed by atoms with Crippen molar-refractivity contribution in [1.29, 1.82) is 0 Å². The van der Waals surface area contributed by atoms with Crippen LogP contribution in [0.2, 0.25) is 0 Å². The smallest absolute Gasteiger partial charge is 0.372 e. The summed E-state index contributed by atoms with van der Waals surface area (Å²) in [4.78, 5) is 13.9. The molecule has 1 saturated heterocycles. The molecule has 9 heteroatoms. The van der Waals surface area contributed by atoms with Crippen molar-refractivity contribution in [1.82, 2.24) is 0 Å². The molecule has 0 spiro atoms. The zero-order valence-corrected chi connectivity index (χ0v) is 16.9. The molecular formula is C22H21F4N3O2. The largest absolute Gasteiger partial charge is 0.418 e. The Bertz CT molecular complexity index is 1040. The highest BCUT2D eigenvalue weighted by Crippen LogP contribution is 2.39. The standard InChI is InChI=1S/C22H21F4N3O2/c1-12-10-29(11-13(2)31-12)20-6-4-15(8-18(20)22(24,25)26)27-9-17-16-5-3-14(23)7-19(16)28-21(17)30/h3-9,12-13,27H,10-11H2,1-2H3,(H,28,30). The van der Waals surface area contributed by atoms with E-state index in [4.69, 9.17) is 4.74 Å². The molecule has 2 atom stereocenters. The van der Waals surface area contributed by atoms with E-state index < -0.39 is 23.5 Å². The van der Waals surface area contributed by atoms with Gasteiger partial charge in [-0.1, -0.05) is 0 Å². The van der Waals surface area contributed by atoms with Crippen LogP contribution in [0, 0.1) is 5.82 Å². The van der Waals surface area contributed by atoms with Crippen molar-refractivity contribution in [3.05, 3.63) is 59.5 Å². The monoisotopic (exact) mass is 435 g/mol. The normalized spacial score (nSPS) is 22.5. The zero-order chi connectivity index (χ0) is 22.3. The van der Waals surface area contributed by atoms with E-state index in [1.807, 2.05) is 13.8 Å². The first kappa shape index (κ1) is 21.2. The third-order valence-electron chi connectivity index (χ3n) is 5.21. The maximum absolute atomic E-state index is 13.8. The average Bonchev–Trinajstić information content (AvgIpc) is 2.98. The molecule has 2 unspecified atom stereocenters. The molecule has 2 aliphatic heterocycles. The summed E-state index contributed by atoms with van der Waals surface area (Å²) in [6, 6.07) is 7.83. The first-order valence-corrected chi connectivity index (χ1v) is 9.81. The van der Waals surface area contributed by atoms with Gasteiger partial charge in [0.15, 0.2) is 0 Å². The van der Waals surface area contributed by atoms with Crippen LogP contribution in [0.1, 0.15) is 25.0 Å². The van der Waals surface area contributed by atoms with Gasteiger partial charge >= 0.3 is 6.18 Å². The summed E-state index contributed by atoms with van der Waals surface area (Å²) in [5, 5.41) is 5.31. The van der Waals surface area contributed by atoms with Gasteiger partial charge in [-0.15, -0.1) is 0 Å². The van der Waals surface area contributed by atoms with Crippen molar-refractivity contribution >= 4 is 28.5 Å². The fourth-order valence-corrected chi connectivity index (χ4v) is 3.97. The summed E-state index contributed by atoms with van der Waals surface area (Å²) in [6.07, 6.45) is -3.59. The van der Waals surface area contributed by atoms with Crippen LogP contribution < -0.4 is 15.5 Å². The number of nitrogens with zero attached hydrogens (tertiary/aromatic N) is 1. The van der Waals surface area contributed by atoms with Gasteiger partial charge in [0.2, 0.25) is 0 Å². The highest BCUT2D eigenvalue weighted by atomic mass is 19.4. The number of amides is 1.